The molecule has 2 N–H and O–H groups in total. The second-order valence-electron chi connectivity index (χ2n) is 4.98. The molecule has 6 heteroatoms. The number of aliphatic carboxylic acids is 1. The first kappa shape index (κ1) is 14.0. The van der Waals surface area contributed by atoms with Crippen molar-refractivity contribution in [1.29, 1.82) is 0 Å². The molecule has 0 saturated heterocycles. The predicted octanol–water partition coefficient (Wildman–Crippen LogP) is 2.31. The van der Waals surface area contributed by atoms with E-state index in [4.69, 9.17) is 5.11 Å². The first-order valence-electron chi connectivity index (χ1n) is 6.50. The molecule has 1 aromatic rings. The van der Waals surface area contributed by atoms with Crippen molar-refractivity contribution >= 4 is 23.2 Å². The zero-order chi connectivity index (χ0) is 14.0. The van der Waals surface area contributed by atoms with Crippen molar-refractivity contribution in [3.05, 3.63) is 15.6 Å². The van der Waals surface area contributed by atoms with Gasteiger partial charge in [0.05, 0.1) is 10.7 Å². The summed E-state index contributed by atoms with van der Waals surface area (Å²) in [6.45, 7) is 3.25. The van der Waals surface area contributed by atoms with Gasteiger partial charge < -0.3 is 10.4 Å². The second-order valence-corrected chi connectivity index (χ2v) is 6.01. The van der Waals surface area contributed by atoms with Gasteiger partial charge in [0.2, 0.25) is 0 Å². The predicted molar refractivity (Wildman–Crippen MR) is 72.6 cm³/mol. The molecule has 1 amide bonds. The summed E-state index contributed by atoms with van der Waals surface area (Å²) in [5, 5.41) is 12.3. The standard InChI is InChI=1S/C13H18N2O3S/c1-7-10(11(16)14-8(2)13(17)18)19-12(15-7)9-5-3-4-6-9/h8-9H,3-6H2,1-2H3,(H,14,16)(H,17,18)/t8-/m0/s1. The fourth-order valence-electron chi connectivity index (χ4n) is 2.30. The van der Waals surface area contributed by atoms with Crippen molar-refractivity contribution in [2.45, 2.75) is 51.5 Å². The Morgan fingerprint density at radius 1 is 1.42 bits per heavy atom. The summed E-state index contributed by atoms with van der Waals surface area (Å²) in [6.07, 6.45) is 4.72. The van der Waals surface area contributed by atoms with Crippen LogP contribution in [0.5, 0.6) is 0 Å². The number of carbonyl (C=O) groups excluding carboxylic acids is 1. The summed E-state index contributed by atoms with van der Waals surface area (Å²) >= 11 is 1.40. The van der Waals surface area contributed by atoms with Gasteiger partial charge in [-0.25, -0.2) is 4.98 Å². The molecular formula is C13H18N2O3S. The third kappa shape index (κ3) is 3.12. The van der Waals surface area contributed by atoms with Crippen molar-refractivity contribution < 1.29 is 14.7 Å². The van der Waals surface area contributed by atoms with Gasteiger partial charge >= 0.3 is 5.97 Å². The van der Waals surface area contributed by atoms with Crippen LogP contribution in [0.25, 0.3) is 0 Å². The molecule has 0 aromatic carbocycles. The molecule has 1 heterocycles. The average molecular weight is 282 g/mol. The lowest BCUT2D eigenvalue weighted by atomic mass is 10.1. The number of nitrogens with zero attached hydrogens (tertiary/aromatic N) is 1. The molecule has 1 aromatic heterocycles. The van der Waals surface area contributed by atoms with Crippen LogP contribution in [0.15, 0.2) is 0 Å². The number of carboxylic acids is 1. The first-order chi connectivity index (χ1) is 8.99. The van der Waals surface area contributed by atoms with Crippen LogP contribution < -0.4 is 5.32 Å². The number of hydrogen-bond acceptors (Lipinski definition) is 4. The minimum absolute atomic E-state index is 0.339. The number of aromatic nitrogens is 1. The van der Waals surface area contributed by atoms with Crippen molar-refractivity contribution in [1.82, 2.24) is 10.3 Å². The molecule has 104 valence electrons. The summed E-state index contributed by atoms with van der Waals surface area (Å²) in [6, 6.07) is -0.885. The van der Waals surface area contributed by atoms with E-state index in [1.165, 1.54) is 31.1 Å². The van der Waals surface area contributed by atoms with Gasteiger partial charge in [-0.3, -0.25) is 9.59 Å². The molecule has 2 rings (SSSR count). The monoisotopic (exact) mass is 282 g/mol. The molecule has 0 bridgehead atoms. The van der Waals surface area contributed by atoms with E-state index >= 15 is 0 Å². The molecule has 0 radical (unpaired) electrons. The molecule has 1 saturated carbocycles. The average Bonchev–Trinajstić information content (AvgIpc) is 2.96. The highest BCUT2D eigenvalue weighted by molar-refractivity contribution is 7.13. The van der Waals surface area contributed by atoms with Crippen molar-refractivity contribution in [2.24, 2.45) is 0 Å². The highest BCUT2D eigenvalue weighted by Gasteiger charge is 2.25. The van der Waals surface area contributed by atoms with Gasteiger partial charge in [0.15, 0.2) is 0 Å². The largest absolute Gasteiger partial charge is 0.480 e. The van der Waals surface area contributed by atoms with Crippen molar-refractivity contribution in [2.75, 3.05) is 0 Å². The third-order valence-electron chi connectivity index (χ3n) is 3.44. The van der Waals surface area contributed by atoms with E-state index in [9.17, 15) is 9.59 Å². The lowest BCUT2D eigenvalue weighted by Crippen LogP contribution is -2.38. The molecule has 1 aliphatic carbocycles. The van der Waals surface area contributed by atoms with E-state index < -0.39 is 12.0 Å². The lowest BCUT2D eigenvalue weighted by molar-refractivity contribution is -0.138. The fourth-order valence-corrected chi connectivity index (χ4v) is 3.44. The molecular weight excluding hydrogens is 264 g/mol. The Morgan fingerprint density at radius 2 is 2.05 bits per heavy atom. The highest BCUT2D eigenvalue weighted by atomic mass is 32.1. The number of aryl methyl sites for hydroxylation is 1. The van der Waals surface area contributed by atoms with Crippen LogP contribution in [-0.4, -0.2) is 28.0 Å². The summed E-state index contributed by atoms with van der Waals surface area (Å²) in [5.41, 5.74) is 0.696. The van der Waals surface area contributed by atoms with Gasteiger partial charge in [0.1, 0.15) is 10.9 Å². The number of thiazole rings is 1. The Hall–Kier alpha value is -1.43. The Morgan fingerprint density at radius 3 is 2.63 bits per heavy atom. The molecule has 19 heavy (non-hydrogen) atoms. The lowest BCUT2D eigenvalue weighted by Gasteiger charge is -2.07. The third-order valence-corrected chi connectivity index (χ3v) is 4.76. The van der Waals surface area contributed by atoms with Gasteiger partial charge in [-0.1, -0.05) is 12.8 Å². The molecule has 5 nitrogen and oxygen atoms in total. The number of amides is 1. The Kier molecular flexibility index (Phi) is 4.19. The molecule has 1 atom stereocenters. The summed E-state index contributed by atoms with van der Waals surface area (Å²) in [7, 11) is 0. The van der Waals surface area contributed by atoms with E-state index in [1.807, 2.05) is 0 Å². The quantitative estimate of drug-likeness (QED) is 0.888. The van der Waals surface area contributed by atoms with Gasteiger partial charge in [-0.15, -0.1) is 11.3 Å². The van der Waals surface area contributed by atoms with Crippen molar-refractivity contribution in [3.63, 3.8) is 0 Å². The SMILES string of the molecule is Cc1nc(C2CCCC2)sc1C(=O)N[C@@H](C)C(=O)O. The molecule has 1 fully saturated rings. The maximum absolute atomic E-state index is 12.0. The van der Waals surface area contributed by atoms with Crippen LogP contribution >= 0.6 is 11.3 Å². The van der Waals surface area contributed by atoms with Crippen LogP contribution in [-0.2, 0) is 4.79 Å². The maximum Gasteiger partial charge on any atom is 0.325 e. The van der Waals surface area contributed by atoms with Crippen LogP contribution in [0.1, 0.15) is 58.9 Å². The summed E-state index contributed by atoms with van der Waals surface area (Å²) < 4.78 is 0. The van der Waals surface area contributed by atoms with E-state index in [1.54, 1.807) is 6.92 Å². The number of carbonyl (C=O) groups is 2. The molecule has 0 unspecified atom stereocenters. The fraction of sp³-hybridized carbons (Fsp3) is 0.615. The topological polar surface area (TPSA) is 79.3 Å². The van der Waals surface area contributed by atoms with E-state index in [0.29, 0.717) is 16.5 Å². The van der Waals surface area contributed by atoms with Gasteiger partial charge in [0, 0.05) is 5.92 Å². The van der Waals surface area contributed by atoms with Crippen LogP contribution in [0.3, 0.4) is 0 Å². The highest BCUT2D eigenvalue weighted by Crippen LogP contribution is 2.37. The van der Waals surface area contributed by atoms with Crippen molar-refractivity contribution in [3.8, 4) is 0 Å². The Labute approximate surface area is 116 Å². The summed E-state index contributed by atoms with van der Waals surface area (Å²) in [4.78, 5) is 27.8. The van der Waals surface area contributed by atoms with E-state index in [2.05, 4.69) is 10.3 Å². The minimum atomic E-state index is -1.04. The number of carboxylic acid groups (broad SMARTS) is 1. The normalized spacial score (nSPS) is 17.4. The number of hydrogen-bond donors (Lipinski definition) is 2. The number of nitrogens with one attached hydrogen (secondary N) is 1. The maximum atomic E-state index is 12.0. The molecule has 0 spiro atoms. The summed E-state index contributed by atoms with van der Waals surface area (Å²) in [5.74, 6) is -0.900. The van der Waals surface area contributed by atoms with Gasteiger partial charge in [0.25, 0.3) is 5.91 Å². The van der Waals surface area contributed by atoms with Crippen LogP contribution in [0.4, 0.5) is 0 Å². The number of rotatable bonds is 4. The molecule has 0 aliphatic heterocycles. The molecule has 1 aliphatic rings. The first-order valence-corrected chi connectivity index (χ1v) is 7.31. The minimum Gasteiger partial charge on any atom is -0.480 e. The van der Waals surface area contributed by atoms with Gasteiger partial charge in [-0.05, 0) is 26.7 Å². The zero-order valence-corrected chi connectivity index (χ0v) is 11.9. The zero-order valence-electron chi connectivity index (χ0n) is 11.1. The van der Waals surface area contributed by atoms with E-state index in [0.717, 1.165) is 17.8 Å². The Balaban J connectivity index is 2.11. The van der Waals surface area contributed by atoms with Crippen LogP contribution in [0.2, 0.25) is 0 Å². The van der Waals surface area contributed by atoms with Gasteiger partial charge in [-0.2, -0.15) is 0 Å². The van der Waals surface area contributed by atoms with Crippen LogP contribution in [0, 0.1) is 6.92 Å². The Bertz CT molecular complexity index is 492. The second kappa shape index (κ2) is 5.69. The smallest absolute Gasteiger partial charge is 0.325 e. The van der Waals surface area contributed by atoms with E-state index in [-0.39, 0.29) is 5.91 Å².